The van der Waals surface area contributed by atoms with E-state index in [4.69, 9.17) is 9.15 Å². The highest BCUT2D eigenvalue weighted by atomic mass is 16.5. The molecular formula is C21H25N3O4. The van der Waals surface area contributed by atoms with Crippen LogP contribution in [-0.4, -0.2) is 66.0 Å². The van der Waals surface area contributed by atoms with Crippen molar-refractivity contribution in [2.75, 3.05) is 39.4 Å². The summed E-state index contributed by atoms with van der Waals surface area (Å²) in [5, 5.41) is 0. The number of morpholine rings is 1. The molecule has 148 valence electrons. The van der Waals surface area contributed by atoms with E-state index in [0.29, 0.717) is 62.3 Å². The number of benzene rings is 1. The highest BCUT2D eigenvalue weighted by Gasteiger charge is 2.30. The van der Waals surface area contributed by atoms with E-state index in [-0.39, 0.29) is 17.7 Å². The van der Waals surface area contributed by atoms with Gasteiger partial charge in [-0.2, -0.15) is 0 Å². The van der Waals surface area contributed by atoms with Crippen molar-refractivity contribution >= 4 is 11.8 Å². The predicted molar refractivity (Wildman–Crippen MR) is 102 cm³/mol. The van der Waals surface area contributed by atoms with Gasteiger partial charge in [-0.25, -0.2) is 4.98 Å². The molecular weight excluding hydrogens is 358 g/mol. The van der Waals surface area contributed by atoms with Crippen LogP contribution in [0.2, 0.25) is 0 Å². The lowest BCUT2D eigenvalue weighted by atomic mass is 9.96. The van der Waals surface area contributed by atoms with Gasteiger partial charge < -0.3 is 19.0 Å². The van der Waals surface area contributed by atoms with Gasteiger partial charge in [-0.15, -0.1) is 0 Å². The molecule has 2 saturated heterocycles. The van der Waals surface area contributed by atoms with Gasteiger partial charge in [-0.3, -0.25) is 9.59 Å². The third-order valence-electron chi connectivity index (χ3n) is 5.47. The number of hydrogen-bond acceptors (Lipinski definition) is 5. The van der Waals surface area contributed by atoms with Crippen LogP contribution in [0.25, 0.3) is 0 Å². The Labute approximate surface area is 164 Å². The second-order valence-electron chi connectivity index (χ2n) is 7.29. The molecule has 7 heteroatoms. The molecule has 2 fully saturated rings. The minimum absolute atomic E-state index is 0.0609. The van der Waals surface area contributed by atoms with Crippen molar-refractivity contribution in [3.8, 4) is 0 Å². The fourth-order valence-electron chi connectivity index (χ4n) is 3.80. The summed E-state index contributed by atoms with van der Waals surface area (Å²) in [4.78, 5) is 33.5. The molecule has 2 aromatic rings. The van der Waals surface area contributed by atoms with Crippen LogP contribution in [0.4, 0.5) is 0 Å². The first kappa shape index (κ1) is 18.7. The molecule has 0 aliphatic carbocycles. The molecule has 28 heavy (non-hydrogen) atoms. The van der Waals surface area contributed by atoms with E-state index in [1.807, 2.05) is 35.2 Å². The highest BCUT2D eigenvalue weighted by molar-refractivity contribution is 5.94. The van der Waals surface area contributed by atoms with E-state index in [9.17, 15) is 9.59 Å². The second-order valence-corrected chi connectivity index (χ2v) is 7.29. The van der Waals surface area contributed by atoms with E-state index in [2.05, 4.69) is 4.98 Å². The van der Waals surface area contributed by atoms with E-state index in [1.54, 1.807) is 11.8 Å². The van der Waals surface area contributed by atoms with E-state index in [1.165, 1.54) is 0 Å². The number of aromatic nitrogens is 1. The largest absolute Gasteiger partial charge is 0.445 e. The smallest absolute Gasteiger partial charge is 0.276 e. The molecule has 2 aliphatic rings. The number of amides is 2. The Bertz CT molecular complexity index is 835. The lowest BCUT2D eigenvalue weighted by Gasteiger charge is -2.30. The van der Waals surface area contributed by atoms with E-state index < -0.39 is 0 Å². The lowest BCUT2D eigenvalue weighted by Crippen LogP contribution is -2.41. The van der Waals surface area contributed by atoms with E-state index >= 15 is 0 Å². The van der Waals surface area contributed by atoms with Crippen molar-refractivity contribution in [2.24, 2.45) is 0 Å². The SMILES string of the molecule is Cc1oc(C2CCN(C(=O)c3ccccc3)CC2)nc1C(=O)N1CCOCC1. The molecule has 1 aromatic carbocycles. The van der Waals surface area contributed by atoms with Crippen LogP contribution in [0.5, 0.6) is 0 Å². The summed E-state index contributed by atoms with van der Waals surface area (Å²) in [6.07, 6.45) is 1.56. The first-order valence-corrected chi connectivity index (χ1v) is 9.82. The Kier molecular flexibility index (Phi) is 5.43. The van der Waals surface area contributed by atoms with Crippen molar-refractivity contribution < 1.29 is 18.7 Å². The third kappa shape index (κ3) is 3.80. The minimum Gasteiger partial charge on any atom is -0.445 e. The van der Waals surface area contributed by atoms with Crippen molar-refractivity contribution in [2.45, 2.75) is 25.7 Å². The summed E-state index contributed by atoms with van der Waals surface area (Å²) < 4.78 is 11.2. The monoisotopic (exact) mass is 383 g/mol. The molecule has 0 unspecified atom stereocenters. The van der Waals surface area contributed by atoms with Gasteiger partial charge in [0.1, 0.15) is 5.76 Å². The van der Waals surface area contributed by atoms with Crippen LogP contribution in [0.1, 0.15) is 51.3 Å². The quantitative estimate of drug-likeness (QED) is 0.814. The van der Waals surface area contributed by atoms with Gasteiger partial charge in [0.15, 0.2) is 11.6 Å². The summed E-state index contributed by atoms with van der Waals surface area (Å²) in [5.41, 5.74) is 1.12. The summed E-state index contributed by atoms with van der Waals surface area (Å²) in [7, 11) is 0. The molecule has 0 radical (unpaired) electrons. The van der Waals surface area contributed by atoms with Crippen LogP contribution in [0.15, 0.2) is 34.7 Å². The third-order valence-corrected chi connectivity index (χ3v) is 5.47. The van der Waals surface area contributed by atoms with Gasteiger partial charge in [0.05, 0.1) is 13.2 Å². The average molecular weight is 383 g/mol. The predicted octanol–water partition coefficient (Wildman–Crippen LogP) is 2.48. The first-order valence-electron chi connectivity index (χ1n) is 9.82. The maximum absolute atomic E-state index is 12.7. The van der Waals surface area contributed by atoms with Crippen LogP contribution in [0, 0.1) is 6.92 Å². The Morgan fingerprint density at radius 1 is 0.964 bits per heavy atom. The number of rotatable bonds is 3. The number of ether oxygens (including phenoxy) is 1. The topological polar surface area (TPSA) is 75.9 Å². The molecule has 0 N–H and O–H groups in total. The number of piperidine rings is 1. The molecule has 0 spiro atoms. The average Bonchev–Trinajstić information content (AvgIpc) is 3.15. The number of carbonyl (C=O) groups excluding carboxylic acids is 2. The number of oxazole rings is 1. The van der Waals surface area contributed by atoms with Crippen LogP contribution in [0.3, 0.4) is 0 Å². The molecule has 2 aliphatic heterocycles. The van der Waals surface area contributed by atoms with Crippen molar-refractivity contribution in [3.63, 3.8) is 0 Å². The van der Waals surface area contributed by atoms with Crippen LogP contribution >= 0.6 is 0 Å². The van der Waals surface area contributed by atoms with Crippen molar-refractivity contribution in [1.29, 1.82) is 0 Å². The standard InChI is InChI=1S/C21H25N3O4/c1-15-18(21(26)24-11-13-27-14-12-24)22-19(28-15)16-7-9-23(10-8-16)20(25)17-5-3-2-4-6-17/h2-6,16H,7-14H2,1H3. The molecule has 0 bridgehead atoms. The summed E-state index contributed by atoms with van der Waals surface area (Å²) in [6, 6.07) is 9.35. The van der Waals surface area contributed by atoms with Crippen molar-refractivity contribution in [3.05, 3.63) is 53.2 Å². The number of hydrogen-bond donors (Lipinski definition) is 0. The molecule has 7 nitrogen and oxygen atoms in total. The number of likely N-dealkylation sites (tertiary alicyclic amines) is 1. The van der Waals surface area contributed by atoms with Crippen LogP contribution in [-0.2, 0) is 4.74 Å². The van der Waals surface area contributed by atoms with E-state index in [0.717, 1.165) is 12.8 Å². The van der Waals surface area contributed by atoms with Gasteiger partial charge >= 0.3 is 0 Å². The number of carbonyl (C=O) groups is 2. The van der Waals surface area contributed by atoms with Gasteiger partial charge in [0.25, 0.3) is 11.8 Å². The molecule has 0 saturated carbocycles. The van der Waals surface area contributed by atoms with Crippen LogP contribution < -0.4 is 0 Å². The summed E-state index contributed by atoms with van der Waals surface area (Å²) in [5.74, 6) is 1.28. The molecule has 3 heterocycles. The maximum atomic E-state index is 12.7. The highest BCUT2D eigenvalue weighted by Crippen LogP contribution is 2.30. The Hall–Kier alpha value is -2.67. The van der Waals surface area contributed by atoms with Gasteiger partial charge in [0, 0.05) is 37.7 Å². The zero-order valence-electron chi connectivity index (χ0n) is 16.1. The van der Waals surface area contributed by atoms with Crippen molar-refractivity contribution in [1.82, 2.24) is 14.8 Å². The summed E-state index contributed by atoms with van der Waals surface area (Å²) >= 11 is 0. The van der Waals surface area contributed by atoms with Gasteiger partial charge in [-0.05, 0) is 31.9 Å². The van der Waals surface area contributed by atoms with Gasteiger partial charge in [0.2, 0.25) is 0 Å². The van der Waals surface area contributed by atoms with Gasteiger partial charge in [-0.1, -0.05) is 18.2 Å². The fraction of sp³-hybridized carbons (Fsp3) is 0.476. The lowest BCUT2D eigenvalue weighted by molar-refractivity contribution is 0.0298. The number of nitrogens with zero attached hydrogens (tertiary/aromatic N) is 3. The fourth-order valence-corrected chi connectivity index (χ4v) is 3.80. The Morgan fingerprint density at radius 2 is 1.61 bits per heavy atom. The Balaban J connectivity index is 1.40. The number of aryl methyl sites for hydroxylation is 1. The zero-order valence-corrected chi connectivity index (χ0v) is 16.1. The normalized spacial score (nSPS) is 18.3. The second kappa shape index (κ2) is 8.14. The molecule has 2 amide bonds. The maximum Gasteiger partial charge on any atom is 0.276 e. The zero-order chi connectivity index (χ0) is 19.5. The minimum atomic E-state index is -0.0903. The molecule has 4 rings (SSSR count). The molecule has 1 aromatic heterocycles. The molecule has 0 atom stereocenters. The first-order chi connectivity index (χ1) is 13.6. The Morgan fingerprint density at radius 3 is 2.29 bits per heavy atom. The summed E-state index contributed by atoms with van der Waals surface area (Å²) in [6.45, 7) is 5.39.